The molecule has 0 aliphatic carbocycles. The number of amides is 3. The molecule has 0 saturated carbocycles. The van der Waals surface area contributed by atoms with Crippen molar-refractivity contribution in [1.29, 1.82) is 0 Å². The third-order valence-electron chi connectivity index (χ3n) is 4.47. The van der Waals surface area contributed by atoms with Crippen LogP contribution in [0.2, 0.25) is 0 Å². The minimum absolute atomic E-state index is 0.118. The van der Waals surface area contributed by atoms with Gasteiger partial charge in [-0.3, -0.25) is 9.78 Å². The van der Waals surface area contributed by atoms with E-state index in [4.69, 9.17) is 9.47 Å². The predicted octanol–water partition coefficient (Wildman–Crippen LogP) is 2.48. The van der Waals surface area contributed by atoms with Gasteiger partial charge in [-0.05, 0) is 31.2 Å². The molecule has 1 N–H and O–H groups in total. The molecule has 148 valence electrons. The molecule has 1 saturated heterocycles. The summed E-state index contributed by atoms with van der Waals surface area (Å²) >= 11 is 0. The minimum atomic E-state index is -0.237. The molecule has 3 rings (SSSR count). The molecule has 1 aliphatic rings. The molecule has 1 aromatic carbocycles. The van der Waals surface area contributed by atoms with Crippen LogP contribution < -0.4 is 14.8 Å². The summed E-state index contributed by atoms with van der Waals surface area (Å²) in [5, 5.41) is 2.88. The summed E-state index contributed by atoms with van der Waals surface area (Å²) in [5.74, 6) is 1.09. The average molecular weight is 384 g/mol. The number of carbonyl (C=O) groups is 2. The number of aromatic nitrogens is 1. The smallest absolute Gasteiger partial charge is 0.322 e. The summed E-state index contributed by atoms with van der Waals surface area (Å²) in [6.45, 7) is 4.17. The van der Waals surface area contributed by atoms with E-state index < -0.39 is 0 Å². The van der Waals surface area contributed by atoms with E-state index in [0.717, 1.165) is 0 Å². The average Bonchev–Trinajstić information content (AvgIpc) is 2.75. The van der Waals surface area contributed by atoms with Crippen molar-refractivity contribution in [3.05, 3.63) is 48.3 Å². The maximum absolute atomic E-state index is 12.7. The Balaban J connectivity index is 1.60. The zero-order valence-electron chi connectivity index (χ0n) is 16.1. The molecule has 28 heavy (non-hydrogen) atoms. The van der Waals surface area contributed by atoms with Crippen molar-refractivity contribution in [3.63, 3.8) is 0 Å². The van der Waals surface area contributed by atoms with E-state index >= 15 is 0 Å². The first-order valence-corrected chi connectivity index (χ1v) is 9.19. The number of ether oxygens (including phenoxy) is 2. The highest BCUT2D eigenvalue weighted by Crippen LogP contribution is 2.29. The second kappa shape index (κ2) is 9.07. The Labute approximate surface area is 164 Å². The Morgan fingerprint density at radius 1 is 1.11 bits per heavy atom. The third kappa shape index (κ3) is 4.51. The number of carbonyl (C=O) groups excluding carboxylic acids is 2. The maximum atomic E-state index is 12.7. The van der Waals surface area contributed by atoms with E-state index in [2.05, 4.69) is 10.3 Å². The second-order valence-corrected chi connectivity index (χ2v) is 6.22. The van der Waals surface area contributed by atoms with Crippen LogP contribution in [0.3, 0.4) is 0 Å². The van der Waals surface area contributed by atoms with Gasteiger partial charge in [0.15, 0.2) is 0 Å². The highest BCUT2D eigenvalue weighted by Gasteiger charge is 2.26. The van der Waals surface area contributed by atoms with E-state index in [0.29, 0.717) is 55.7 Å². The van der Waals surface area contributed by atoms with E-state index in [1.807, 2.05) is 6.92 Å². The van der Waals surface area contributed by atoms with E-state index in [9.17, 15) is 9.59 Å². The zero-order chi connectivity index (χ0) is 19.9. The van der Waals surface area contributed by atoms with Gasteiger partial charge < -0.3 is 24.6 Å². The molecule has 2 aromatic rings. The Bertz CT molecular complexity index is 820. The predicted molar refractivity (Wildman–Crippen MR) is 105 cm³/mol. The Kier molecular flexibility index (Phi) is 6.31. The summed E-state index contributed by atoms with van der Waals surface area (Å²) in [5.41, 5.74) is 0.969. The number of methoxy groups -OCH3 is 1. The van der Waals surface area contributed by atoms with Gasteiger partial charge in [-0.25, -0.2) is 4.79 Å². The van der Waals surface area contributed by atoms with Gasteiger partial charge in [0, 0.05) is 38.4 Å². The number of hydrogen-bond donors (Lipinski definition) is 1. The van der Waals surface area contributed by atoms with Crippen molar-refractivity contribution in [1.82, 2.24) is 14.8 Å². The molecule has 0 spiro atoms. The van der Waals surface area contributed by atoms with Gasteiger partial charge in [-0.1, -0.05) is 6.07 Å². The van der Waals surface area contributed by atoms with Crippen LogP contribution in [0.4, 0.5) is 10.5 Å². The van der Waals surface area contributed by atoms with Crippen LogP contribution in [0.15, 0.2) is 42.6 Å². The lowest BCUT2D eigenvalue weighted by Crippen LogP contribution is -2.51. The van der Waals surface area contributed by atoms with Crippen LogP contribution in [0.5, 0.6) is 11.5 Å². The largest absolute Gasteiger partial charge is 0.497 e. The second-order valence-electron chi connectivity index (χ2n) is 6.22. The number of benzene rings is 1. The third-order valence-corrected chi connectivity index (χ3v) is 4.47. The molecule has 0 unspecified atom stereocenters. The lowest BCUT2D eigenvalue weighted by atomic mass is 10.2. The molecular weight excluding hydrogens is 360 g/mol. The lowest BCUT2D eigenvalue weighted by Gasteiger charge is -2.34. The topological polar surface area (TPSA) is 84.0 Å². The van der Waals surface area contributed by atoms with Gasteiger partial charge in [0.2, 0.25) is 0 Å². The van der Waals surface area contributed by atoms with E-state index in [-0.39, 0.29) is 11.9 Å². The SMILES string of the molecule is CCOc1ccc(OC)cc1NC(=O)N1CCN(C(=O)c2ccccn2)CC1. The minimum Gasteiger partial charge on any atom is -0.497 e. The van der Waals surface area contributed by atoms with Crippen molar-refractivity contribution in [2.75, 3.05) is 45.2 Å². The standard InChI is InChI=1S/C20H24N4O4/c1-3-28-18-8-7-15(27-2)14-17(18)22-20(26)24-12-10-23(11-13-24)19(25)16-6-4-5-9-21-16/h4-9,14H,3,10-13H2,1-2H3,(H,22,26). The molecule has 2 heterocycles. The molecule has 0 radical (unpaired) electrons. The zero-order valence-corrected chi connectivity index (χ0v) is 16.1. The van der Waals surface area contributed by atoms with E-state index in [1.54, 1.807) is 59.5 Å². The van der Waals surface area contributed by atoms with Gasteiger partial charge in [-0.2, -0.15) is 0 Å². The number of hydrogen-bond acceptors (Lipinski definition) is 5. The Morgan fingerprint density at radius 3 is 2.50 bits per heavy atom. The highest BCUT2D eigenvalue weighted by molar-refractivity contribution is 5.93. The van der Waals surface area contributed by atoms with Crippen LogP contribution in [0.1, 0.15) is 17.4 Å². The number of nitrogens with one attached hydrogen (secondary N) is 1. The molecule has 3 amide bonds. The summed E-state index contributed by atoms with van der Waals surface area (Å²) in [4.78, 5) is 32.6. The Morgan fingerprint density at radius 2 is 1.86 bits per heavy atom. The van der Waals surface area contributed by atoms with Crippen molar-refractivity contribution in [2.24, 2.45) is 0 Å². The highest BCUT2D eigenvalue weighted by atomic mass is 16.5. The fourth-order valence-corrected chi connectivity index (χ4v) is 2.97. The molecular formula is C20H24N4O4. The lowest BCUT2D eigenvalue weighted by molar-refractivity contribution is 0.0666. The van der Waals surface area contributed by atoms with Crippen LogP contribution in [0, 0.1) is 0 Å². The number of rotatable bonds is 5. The van der Waals surface area contributed by atoms with Crippen LogP contribution in [-0.4, -0.2) is 66.6 Å². The molecule has 1 aromatic heterocycles. The maximum Gasteiger partial charge on any atom is 0.322 e. The van der Waals surface area contributed by atoms with Crippen LogP contribution >= 0.6 is 0 Å². The molecule has 1 fully saturated rings. The van der Waals surface area contributed by atoms with Crippen LogP contribution in [-0.2, 0) is 0 Å². The van der Waals surface area contributed by atoms with Crippen molar-refractivity contribution in [2.45, 2.75) is 6.92 Å². The monoisotopic (exact) mass is 384 g/mol. The molecule has 0 atom stereocenters. The number of urea groups is 1. The first-order valence-electron chi connectivity index (χ1n) is 9.19. The number of nitrogens with zero attached hydrogens (tertiary/aromatic N) is 3. The summed E-state index contributed by atoms with van der Waals surface area (Å²) in [7, 11) is 1.57. The molecule has 1 aliphatic heterocycles. The first-order chi connectivity index (χ1) is 13.6. The summed E-state index contributed by atoms with van der Waals surface area (Å²) in [6.07, 6.45) is 1.60. The van der Waals surface area contributed by atoms with E-state index in [1.165, 1.54) is 0 Å². The van der Waals surface area contributed by atoms with Crippen LogP contribution in [0.25, 0.3) is 0 Å². The summed E-state index contributed by atoms with van der Waals surface area (Å²) in [6, 6.07) is 10.3. The van der Waals surface area contributed by atoms with Gasteiger partial charge in [0.25, 0.3) is 5.91 Å². The van der Waals surface area contributed by atoms with Gasteiger partial charge >= 0.3 is 6.03 Å². The Hall–Kier alpha value is -3.29. The van der Waals surface area contributed by atoms with Gasteiger partial charge in [0.1, 0.15) is 17.2 Å². The quantitative estimate of drug-likeness (QED) is 0.856. The number of pyridine rings is 1. The number of piperazine rings is 1. The van der Waals surface area contributed by atoms with Gasteiger partial charge in [-0.15, -0.1) is 0 Å². The fraction of sp³-hybridized carbons (Fsp3) is 0.350. The van der Waals surface area contributed by atoms with Gasteiger partial charge in [0.05, 0.1) is 19.4 Å². The fourth-order valence-electron chi connectivity index (χ4n) is 2.97. The molecule has 8 heteroatoms. The first kappa shape index (κ1) is 19.5. The molecule has 0 bridgehead atoms. The van der Waals surface area contributed by atoms with Crippen molar-refractivity contribution < 1.29 is 19.1 Å². The van der Waals surface area contributed by atoms with Crippen molar-refractivity contribution >= 4 is 17.6 Å². The molecule has 8 nitrogen and oxygen atoms in total. The normalized spacial score (nSPS) is 13.8. The number of anilines is 1. The van der Waals surface area contributed by atoms with Crippen molar-refractivity contribution in [3.8, 4) is 11.5 Å². The summed E-state index contributed by atoms with van der Waals surface area (Å²) < 4.78 is 10.8.